The molecule has 1 rings (SSSR count). The number of nitrogens with zero attached hydrogens (tertiary/aromatic N) is 1. The van der Waals surface area contributed by atoms with E-state index < -0.39 is 29.0 Å². The molecule has 5 nitrogen and oxygen atoms in total. The van der Waals surface area contributed by atoms with Crippen LogP contribution in [0, 0.1) is 5.41 Å². The SMILES string of the molecule is CCC1(C(=O)O)CCN(C(=O)C(C)(N)C(F)(F)F)C1. The molecule has 19 heavy (non-hydrogen) atoms. The van der Waals surface area contributed by atoms with Crippen molar-refractivity contribution in [2.24, 2.45) is 11.1 Å². The molecule has 3 N–H and O–H groups in total. The summed E-state index contributed by atoms with van der Waals surface area (Å²) in [5.74, 6) is -2.38. The molecule has 0 aromatic heterocycles. The Labute approximate surface area is 108 Å². The number of alkyl halides is 3. The summed E-state index contributed by atoms with van der Waals surface area (Å²) in [6, 6.07) is 0. The number of likely N-dealkylation sites (tertiary alicyclic amines) is 1. The first kappa shape index (κ1) is 15.7. The first-order valence-electron chi connectivity index (χ1n) is 5.86. The van der Waals surface area contributed by atoms with Gasteiger partial charge in [0.25, 0.3) is 5.91 Å². The maximum atomic E-state index is 12.7. The van der Waals surface area contributed by atoms with Gasteiger partial charge in [0.1, 0.15) is 0 Å². The average Bonchev–Trinajstić information content (AvgIpc) is 2.71. The number of nitrogens with two attached hydrogens (primary N) is 1. The number of hydrogen-bond acceptors (Lipinski definition) is 3. The molecule has 2 unspecified atom stereocenters. The Morgan fingerprint density at radius 1 is 1.42 bits per heavy atom. The van der Waals surface area contributed by atoms with Crippen LogP contribution in [0.15, 0.2) is 0 Å². The Hall–Kier alpha value is -1.31. The highest BCUT2D eigenvalue weighted by molar-refractivity contribution is 5.88. The number of carbonyl (C=O) groups is 2. The van der Waals surface area contributed by atoms with Gasteiger partial charge in [-0.05, 0) is 19.8 Å². The van der Waals surface area contributed by atoms with E-state index >= 15 is 0 Å². The van der Waals surface area contributed by atoms with Crippen molar-refractivity contribution >= 4 is 11.9 Å². The predicted molar refractivity (Wildman–Crippen MR) is 60.2 cm³/mol. The number of carboxylic acid groups (broad SMARTS) is 1. The third kappa shape index (κ3) is 2.54. The van der Waals surface area contributed by atoms with Crippen LogP contribution in [0.1, 0.15) is 26.7 Å². The fraction of sp³-hybridized carbons (Fsp3) is 0.818. The quantitative estimate of drug-likeness (QED) is 0.808. The minimum Gasteiger partial charge on any atom is -0.481 e. The summed E-state index contributed by atoms with van der Waals surface area (Å²) < 4.78 is 38.0. The van der Waals surface area contributed by atoms with Gasteiger partial charge in [-0.2, -0.15) is 13.2 Å². The molecule has 0 saturated carbocycles. The van der Waals surface area contributed by atoms with Crippen molar-refractivity contribution in [1.29, 1.82) is 0 Å². The van der Waals surface area contributed by atoms with Crippen molar-refractivity contribution < 1.29 is 27.9 Å². The molecule has 2 atom stereocenters. The molecule has 1 fully saturated rings. The molecular formula is C11H17F3N2O3. The molecule has 1 aliphatic rings. The summed E-state index contributed by atoms with van der Waals surface area (Å²) in [6.45, 7) is 1.97. The van der Waals surface area contributed by atoms with Crippen LogP contribution in [-0.2, 0) is 9.59 Å². The van der Waals surface area contributed by atoms with E-state index in [1.807, 2.05) is 0 Å². The van der Waals surface area contributed by atoms with Gasteiger partial charge in [-0.25, -0.2) is 0 Å². The molecule has 1 heterocycles. The van der Waals surface area contributed by atoms with E-state index in [0.717, 1.165) is 4.90 Å². The Kier molecular flexibility index (Phi) is 3.86. The second kappa shape index (κ2) is 4.66. The summed E-state index contributed by atoms with van der Waals surface area (Å²) in [5.41, 5.74) is 0.900. The van der Waals surface area contributed by atoms with Crippen LogP contribution in [-0.4, -0.2) is 46.7 Å². The third-order valence-electron chi connectivity index (χ3n) is 3.80. The van der Waals surface area contributed by atoms with Gasteiger partial charge >= 0.3 is 12.1 Å². The minimum absolute atomic E-state index is 0.0259. The number of hydrogen-bond donors (Lipinski definition) is 2. The maximum absolute atomic E-state index is 12.7. The fourth-order valence-electron chi connectivity index (χ4n) is 2.11. The number of carbonyl (C=O) groups excluding carboxylic acids is 1. The molecule has 0 aromatic rings. The van der Waals surface area contributed by atoms with Gasteiger partial charge in [0.15, 0.2) is 5.54 Å². The van der Waals surface area contributed by atoms with Crippen molar-refractivity contribution in [3.8, 4) is 0 Å². The van der Waals surface area contributed by atoms with Crippen LogP contribution in [0.4, 0.5) is 13.2 Å². The highest BCUT2D eigenvalue weighted by Crippen LogP contribution is 2.37. The summed E-state index contributed by atoms with van der Waals surface area (Å²) >= 11 is 0. The molecule has 0 aromatic carbocycles. The van der Waals surface area contributed by atoms with Crippen molar-refractivity contribution in [1.82, 2.24) is 4.90 Å². The van der Waals surface area contributed by atoms with Gasteiger partial charge in [-0.1, -0.05) is 6.92 Å². The first-order chi connectivity index (χ1) is 8.48. The number of halogens is 3. The van der Waals surface area contributed by atoms with Crippen molar-refractivity contribution in [2.45, 2.75) is 38.4 Å². The highest BCUT2D eigenvalue weighted by Gasteiger charge is 2.57. The molecule has 0 spiro atoms. The third-order valence-corrected chi connectivity index (χ3v) is 3.80. The number of rotatable bonds is 3. The van der Waals surface area contributed by atoms with E-state index in [4.69, 9.17) is 10.8 Å². The average molecular weight is 282 g/mol. The zero-order valence-corrected chi connectivity index (χ0v) is 10.8. The zero-order chi connectivity index (χ0) is 15.1. The fourth-order valence-corrected chi connectivity index (χ4v) is 2.11. The first-order valence-corrected chi connectivity index (χ1v) is 5.86. The summed E-state index contributed by atoms with van der Waals surface area (Å²) in [7, 11) is 0. The van der Waals surface area contributed by atoms with Crippen molar-refractivity contribution in [3.05, 3.63) is 0 Å². The van der Waals surface area contributed by atoms with E-state index in [-0.39, 0.29) is 25.9 Å². The zero-order valence-electron chi connectivity index (χ0n) is 10.8. The minimum atomic E-state index is -4.87. The second-order valence-electron chi connectivity index (χ2n) is 5.12. The largest absolute Gasteiger partial charge is 0.481 e. The Bertz CT molecular complexity index is 395. The lowest BCUT2D eigenvalue weighted by atomic mass is 9.84. The van der Waals surface area contributed by atoms with E-state index in [1.165, 1.54) is 0 Å². The molecule has 0 bridgehead atoms. The normalized spacial score (nSPS) is 27.2. The molecule has 8 heteroatoms. The van der Waals surface area contributed by atoms with Gasteiger partial charge in [-0.3, -0.25) is 9.59 Å². The number of aliphatic carboxylic acids is 1. The van der Waals surface area contributed by atoms with E-state index in [1.54, 1.807) is 6.92 Å². The van der Waals surface area contributed by atoms with Crippen LogP contribution >= 0.6 is 0 Å². The molecule has 0 radical (unpaired) electrons. The van der Waals surface area contributed by atoms with Gasteiger partial charge in [-0.15, -0.1) is 0 Å². The molecule has 110 valence electrons. The van der Waals surface area contributed by atoms with Crippen molar-refractivity contribution in [3.63, 3.8) is 0 Å². The van der Waals surface area contributed by atoms with Gasteiger partial charge in [0, 0.05) is 13.1 Å². The van der Waals surface area contributed by atoms with Crippen LogP contribution in [0.3, 0.4) is 0 Å². The van der Waals surface area contributed by atoms with E-state index in [9.17, 15) is 22.8 Å². The molecule has 0 aliphatic carbocycles. The van der Waals surface area contributed by atoms with E-state index in [2.05, 4.69) is 0 Å². The van der Waals surface area contributed by atoms with Gasteiger partial charge in [0.05, 0.1) is 5.41 Å². The summed E-state index contributed by atoms with van der Waals surface area (Å²) in [5, 5.41) is 9.13. The monoisotopic (exact) mass is 282 g/mol. The lowest BCUT2D eigenvalue weighted by Crippen LogP contribution is -2.62. The Morgan fingerprint density at radius 2 is 1.95 bits per heavy atom. The molecular weight excluding hydrogens is 265 g/mol. The molecule has 1 amide bonds. The number of amides is 1. The standard InChI is InChI=1S/C11H17F3N2O3/c1-3-10(8(18)19)4-5-16(6-10)7(17)9(2,15)11(12,13)14/h3-6,15H2,1-2H3,(H,18,19). The number of carboxylic acids is 1. The second-order valence-corrected chi connectivity index (χ2v) is 5.12. The Balaban J connectivity index is 2.92. The lowest BCUT2D eigenvalue weighted by Gasteiger charge is -2.31. The highest BCUT2D eigenvalue weighted by atomic mass is 19.4. The van der Waals surface area contributed by atoms with Crippen LogP contribution in [0.2, 0.25) is 0 Å². The van der Waals surface area contributed by atoms with Gasteiger partial charge < -0.3 is 15.7 Å². The Morgan fingerprint density at radius 3 is 2.26 bits per heavy atom. The maximum Gasteiger partial charge on any atom is 0.415 e. The van der Waals surface area contributed by atoms with Crippen LogP contribution in [0.5, 0.6) is 0 Å². The lowest BCUT2D eigenvalue weighted by molar-refractivity contribution is -0.193. The van der Waals surface area contributed by atoms with Crippen LogP contribution < -0.4 is 5.73 Å². The smallest absolute Gasteiger partial charge is 0.415 e. The molecule has 1 aliphatic heterocycles. The predicted octanol–water partition coefficient (Wildman–Crippen LogP) is 0.979. The van der Waals surface area contributed by atoms with Crippen LogP contribution in [0.25, 0.3) is 0 Å². The van der Waals surface area contributed by atoms with Gasteiger partial charge in [0.2, 0.25) is 0 Å². The molecule has 1 saturated heterocycles. The van der Waals surface area contributed by atoms with E-state index in [0.29, 0.717) is 6.92 Å². The van der Waals surface area contributed by atoms with Crippen molar-refractivity contribution in [2.75, 3.05) is 13.1 Å². The topological polar surface area (TPSA) is 83.6 Å². The summed E-state index contributed by atoms with van der Waals surface area (Å²) in [6.07, 6.45) is -4.48. The summed E-state index contributed by atoms with van der Waals surface area (Å²) in [4.78, 5) is 23.9.